The van der Waals surface area contributed by atoms with Crippen LogP contribution in [0.3, 0.4) is 0 Å². The molecule has 96 valence electrons. The van der Waals surface area contributed by atoms with E-state index in [4.69, 9.17) is 10.3 Å². The van der Waals surface area contributed by atoms with Crippen molar-refractivity contribution < 1.29 is 8.91 Å². The summed E-state index contributed by atoms with van der Waals surface area (Å²) in [5.74, 6) is 0.0392. The summed E-state index contributed by atoms with van der Waals surface area (Å²) in [7, 11) is 0. The highest BCUT2D eigenvalue weighted by Gasteiger charge is 2.18. The molecule has 2 heterocycles. The molecule has 0 aliphatic heterocycles. The lowest BCUT2D eigenvalue weighted by atomic mass is 10.0. The summed E-state index contributed by atoms with van der Waals surface area (Å²) < 4.78 is 18.4. The molecule has 1 aromatic carbocycles. The zero-order valence-corrected chi connectivity index (χ0v) is 11.0. The number of nitrogens with two attached hydrogens (primary N) is 1. The zero-order chi connectivity index (χ0) is 13.4. The second kappa shape index (κ2) is 4.51. The molecule has 3 nitrogen and oxygen atoms in total. The van der Waals surface area contributed by atoms with Crippen LogP contribution in [0.4, 0.5) is 10.3 Å². The van der Waals surface area contributed by atoms with Crippen molar-refractivity contribution in [3.8, 4) is 21.7 Å². The van der Waals surface area contributed by atoms with E-state index in [9.17, 15) is 4.39 Å². The maximum Gasteiger partial charge on any atom is 0.231 e. The van der Waals surface area contributed by atoms with Crippen LogP contribution in [0.5, 0.6) is 0 Å². The third-order valence-electron chi connectivity index (χ3n) is 2.92. The lowest BCUT2D eigenvalue weighted by molar-refractivity contribution is 0.439. The summed E-state index contributed by atoms with van der Waals surface area (Å²) in [6.45, 7) is 1.72. The first kappa shape index (κ1) is 11.9. The molecule has 0 radical (unpaired) electrons. The number of aromatic nitrogens is 1. The van der Waals surface area contributed by atoms with E-state index < -0.39 is 0 Å². The molecule has 0 bridgehead atoms. The number of hydrogen-bond acceptors (Lipinski definition) is 4. The van der Waals surface area contributed by atoms with E-state index in [1.165, 1.54) is 6.07 Å². The Hall–Kier alpha value is -2.14. The van der Waals surface area contributed by atoms with E-state index >= 15 is 0 Å². The Bertz CT molecular complexity index is 719. The van der Waals surface area contributed by atoms with Crippen LogP contribution in [0.2, 0.25) is 0 Å². The Kier molecular flexibility index (Phi) is 2.83. The molecule has 2 aromatic heterocycles. The van der Waals surface area contributed by atoms with Gasteiger partial charge < -0.3 is 10.3 Å². The van der Waals surface area contributed by atoms with Crippen molar-refractivity contribution in [1.29, 1.82) is 0 Å². The largest absolute Gasteiger partial charge is 0.367 e. The Balaban J connectivity index is 2.18. The second-order valence-corrected chi connectivity index (χ2v) is 5.16. The maximum atomic E-state index is 13.3. The van der Waals surface area contributed by atoms with Gasteiger partial charge in [0, 0.05) is 10.4 Å². The number of thiophene rings is 1. The van der Waals surface area contributed by atoms with E-state index in [0.717, 1.165) is 16.0 Å². The van der Waals surface area contributed by atoms with Crippen molar-refractivity contribution in [3.63, 3.8) is 0 Å². The Morgan fingerprint density at radius 1 is 1.32 bits per heavy atom. The molecular weight excluding hydrogens is 263 g/mol. The molecular formula is C14H11FN2OS. The molecule has 0 spiro atoms. The molecule has 0 amide bonds. The number of nitrogen functional groups attached to an aromatic ring is 1. The van der Waals surface area contributed by atoms with E-state index in [-0.39, 0.29) is 11.7 Å². The number of hydrogen-bond donors (Lipinski definition) is 1. The lowest BCUT2D eigenvalue weighted by Gasteiger charge is -2.02. The van der Waals surface area contributed by atoms with Gasteiger partial charge in [0.15, 0.2) is 0 Å². The molecule has 0 aliphatic rings. The van der Waals surface area contributed by atoms with E-state index in [1.807, 2.05) is 17.5 Å². The molecule has 3 aromatic rings. The maximum absolute atomic E-state index is 13.3. The number of rotatable bonds is 2. The van der Waals surface area contributed by atoms with Gasteiger partial charge in [0.2, 0.25) is 5.88 Å². The summed E-state index contributed by atoms with van der Waals surface area (Å²) in [4.78, 5) is 0.982. The van der Waals surface area contributed by atoms with Gasteiger partial charge in [-0.25, -0.2) is 4.39 Å². The molecule has 0 unspecified atom stereocenters. The van der Waals surface area contributed by atoms with Gasteiger partial charge in [0.25, 0.3) is 0 Å². The first-order valence-corrected chi connectivity index (χ1v) is 6.60. The number of anilines is 1. The fraction of sp³-hybridized carbons (Fsp3) is 0.0714. The minimum atomic E-state index is -0.238. The predicted molar refractivity (Wildman–Crippen MR) is 74.4 cm³/mol. The summed E-state index contributed by atoms with van der Waals surface area (Å²) in [5, 5.41) is 5.96. The number of nitrogens with zero attached hydrogens (tertiary/aromatic N) is 1. The van der Waals surface area contributed by atoms with Gasteiger partial charge in [0.1, 0.15) is 11.5 Å². The van der Waals surface area contributed by atoms with Crippen molar-refractivity contribution in [2.24, 2.45) is 0 Å². The highest BCUT2D eigenvalue weighted by Crippen LogP contribution is 2.38. The molecule has 2 N–H and O–H groups in total. The summed E-state index contributed by atoms with van der Waals surface area (Å²) in [5.41, 5.74) is 8.61. The van der Waals surface area contributed by atoms with Crippen molar-refractivity contribution in [2.45, 2.75) is 6.92 Å². The van der Waals surface area contributed by atoms with E-state index in [2.05, 4.69) is 5.16 Å². The molecule has 0 aliphatic carbocycles. The highest BCUT2D eigenvalue weighted by atomic mass is 32.1. The molecule has 3 rings (SSSR count). The van der Waals surface area contributed by atoms with E-state index in [0.29, 0.717) is 11.3 Å². The fourth-order valence-electron chi connectivity index (χ4n) is 1.95. The fourth-order valence-corrected chi connectivity index (χ4v) is 2.73. The van der Waals surface area contributed by atoms with Crippen molar-refractivity contribution in [1.82, 2.24) is 5.16 Å². The third-order valence-corrected chi connectivity index (χ3v) is 3.80. The van der Waals surface area contributed by atoms with Crippen LogP contribution in [0.25, 0.3) is 21.7 Å². The smallest absolute Gasteiger partial charge is 0.231 e. The Morgan fingerprint density at radius 3 is 2.84 bits per heavy atom. The highest BCUT2D eigenvalue weighted by molar-refractivity contribution is 7.13. The van der Waals surface area contributed by atoms with Crippen LogP contribution in [0.1, 0.15) is 5.56 Å². The van der Waals surface area contributed by atoms with Gasteiger partial charge in [-0.3, -0.25) is 0 Å². The topological polar surface area (TPSA) is 52.0 Å². The van der Waals surface area contributed by atoms with Gasteiger partial charge >= 0.3 is 0 Å². The Morgan fingerprint density at radius 2 is 2.16 bits per heavy atom. The van der Waals surface area contributed by atoms with Crippen LogP contribution in [0, 0.1) is 12.7 Å². The van der Waals surface area contributed by atoms with Crippen molar-refractivity contribution in [2.75, 3.05) is 5.73 Å². The first-order chi connectivity index (χ1) is 9.16. The van der Waals surface area contributed by atoms with Gasteiger partial charge in [-0.05, 0) is 42.1 Å². The predicted octanol–water partition coefficient (Wildman–Crippen LogP) is 4.10. The summed E-state index contributed by atoms with van der Waals surface area (Å²) in [6.07, 6.45) is 0. The first-order valence-electron chi connectivity index (χ1n) is 5.72. The van der Waals surface area contributed by atoms with Crippen LogP contribution in [-0.4, -0.2) is 5.16 Å². The number of benzene rings is 1. The van der Waals surface area contributed by atoms with Gasteiger partial charge in [-0.1, -0.05) is 11.2 Å². The average molecular weight is 274 g/mol. The SMILES string of the molecule is Cc1cc(-c2noc(N)c2-c2cccs2)ccc1F. The van der Waals surface area contributed by atoms with Crippen LogP contribution >= 0.6 is 11.3 Å². The standard InChI is InChI=1S/C14H11FN2OS/c1-8-7-9(4-5-10(8)15)13-12(14(16)18-17-13)11-3-2-6-19-11/h2-7H,16H2,1H3. The molecule has 0 saturated carbocycles. The Labute approximate surface area is 113 Å². The van der Waals surface area contributed by atoms with E-state index in [1.54, 1.807) is 30.4 Å². The average Bonchev–Trinajstić information content (AvgIpc) is 3.01. The molecule has 5 heteroatoms. The number of halogens is 1. The minimum absolute atomic E-state index is 0.238. The van der Waals surface area contributed by atoms with Crippen molar-refractivity contribution >= 4 is 17.2 Å². The lowest BCUT2D eigenvalue weighted by Crippen LogP contribution is -1.88. The van der Waals surface area contributed by atoms with Crippen molar-refractivity contribution in [3.05, 3.63) is 47.1 Å². The number of aryl methyl sites for hydroxylation is 1. The van der Waals surface area contributed by atoms with Crippen LogP contribution < -0.4 is 5.73 Å². The molecule has 0 atom stereocenters. The second-order valence-electron chi connectivity index (χ2n) is 4.21. The monoisotopic (exact) mass is 274 g/mol. The minimum Gasteiger partial charge on any atom is -0.367 e. The van der Waals surface area contributed by atoms with Gasteiger partial charge in [-0.15, -0.1) is 11.3 Å². The normalized spacial score (nSPS) is 10.8. The van der Waals surface area contributed by atoms with Crippen LogP contribution in [-0.2, 0) is 0 Å². The third kappa shape index (κ3) is 2.02. The summed E-state index contributed by atoms with van der Waals surface area (Å²) >= 11 is 1.56. The molecule has 19 heavy (non-hydrogen) atoms. The zero-order valence-electron chi connectivity index (χ0n) is 10.2. The quantitative estimate of drug-likeness (QED) is 0.765. The molecule has 0 fully saturated rings. The van der Waals surface area contributed by atoms with Gasteiger partial charge in [0.05, 0.1) is 5.56 Å². The van der Waals surface area contributed by atoms with Crippen LogP contribution in [0.15, 0.2) is 40.2 Å². The molecule has 0 saturated heterocycles. The summed E-state index contributed by atoms with van der Waals surface area (Å²) in [6, 6.07) is 8.73. The van der Waals surface area contributed by atoms with Gasteiger partial charge in [-0.2, -0.15) is 0 Å².